The van der Waals surface area contributed by atoms with E-state index < -0.39 is 27.7 Å². The summed E-state index contributed by atoms with van der Waals surface area (Å²) in [7, 11) is -1.99. The van der Waals surface area contributed by atoms with Gasteiger partial charge in [-0.1, -0.05) is 12.1 Å². The number of esters is 1. The van der Waals surface area contributed by atoms with Crippen LogP contribution in [-0.4, -0.2) is 38.6 Å². The average Bonchev–Trinajstić information content (AvgIpc) is 2.39. The Morgan fingerprint density at radius 1 is 1.43 bits per heavy atom. The summed E-state index contributed by atoms with van der Waals surface area (Å²) in [4.78, 5) is 11.6. The molecule has 118 valence electrons. The molecule has 21 heavy (non-hydrogen) atoms. The van der Waals surface area contributed by atoms with E-state index in [0.29, 0.717) is 5.56 Å². The predicted octanol–water partition coefficient (Wildman–Crippen LogP) is 1.88. The van der Waals surface area contributed by atoms with Gasteiger partial charge in [-0.05, 0) is 25.5 Å². The van der Waals surface area contributed by atoms with E-state index in [1.54, 1.807) is 19.9 Å². The summed E-state index contributed by atoms with van der Waals surface area (Å²) in [5.41, 5.74) is 0.749. The normalized spacial score (nSPS) is 13.2. The molecule has 0 spiro atoms. The Morgan fingerprint density at radius 3 is 2.52 bits per heavy atom. The average molecular weight is 317 g/mol. The molecule has 0 fully saturated rings. The molecule has 1 unspecified atom stereocenters. The van der Waals surface area contributed by atoms with E-state index in [1.165, 1.54) is 19.2 Å². The van der Waals surface area contributed by atoms with Crippen LogP contribution < -0.4 is 0 Å². The van der Waals surface area contributed by atoms with Crippen molar-refractivity contribution in [3.05, 3.63) is 35.1 Å². The van der Waals surface area contributed by atoms with E-state index in [4.69, 9.17) is 4.74 Å². The lowest BCUT2D eigenvalue weighted by atomic mass is 9.99. The fourth-order valence-electron chi connectivity index (χ4n) is 1.72. The zero-order valence-corrected chi connectivity index (χ0v) is 13.4. The number of carbonyl (C=O) groups excluding carboxylic acids is 1. The lowest BCUT2D eigenvalue weighted by Gasteiger charge is -2.16. The smallest absolute Gasteiger partial charge is 0.313 e. The first-order valence-electron chi connectivity index (χ1n) is 6.53. The fraction of sp³-hybridized carbons (Fsp3) is 0.500. The minimum absolute atomic E-state index is 0.0568. The van der Waals surface area contributed by atoms with E-state index in [-0.39, 0.29) is 18.7 Å². The highest BCUT2D eigenvalue weighted by Gasteiger charge is 2.19. The maximum atomic E-state index is 14.0. The van der Waals surface area contributed by atoms with Crippen molar-refractivity contribution in [3.8, 4) is 0 Å². The number of hydrogen-bond acceptors (Lipinski definition) is 4. The second-order valence-electron chi connectivity index (χ2n) is 4.84. The molecule has 0 bridgehead atoms. The third kappa shape index (κ3) is 4.78. The van der Waals surface area contributed by atoms with E-state index in [1.807, 2.05) is 0 Å². The first-order valence-corrected chi connectivity index (χ1v) is 8.38. The first-order chi connectivity index (χ1) is 9.66. The summed E-state index contributed by atoms with van der Waals surface area (Å²) in [6, 6.07) is 4.34. The van der Waals surface area contributed by atoms with Gasteiger partial charge in [-0.25, -0.2) is 17.1 Å². The summed E-state index contributed by atoms with van der Waals surface area (Å²) < 4.78 is 42.6. The third-order valence-corrected chi connectivity index (χ3v) is 4.44. The molecule has 0 aliphatic rings. The molecule has 0 aliphatic heterocycles. The van der Waals surface area contributed by atoms with Crippen LogP contribution in [0.2, 0.25) is 0 Å². The number of ether oxygens (including phenoxy) is 1. The van der Waals surface area contributed by atoms with Gasteiger partial charge in [0, 0.05) is 19.2 Å². The zero-order chi connectivity index (χ0) is 16.2. The molecule has 5 nitrogen and oxygen atoms in total. The largest absolute Gasteiger partial charge is 0.466 e. The molecule has 1 rings (SSSR count). The second kappa shape index (κ2) is 7.00. The van der Waals surface area contributed by atoms with Crippen molar-refractivity contribution in [2.24, 2.45) is 0 Å². The molecule has 0 saturated carbocycles. The number of rotatable bonds is 6. The van der Waals surface area contributed by atoms with Crippen molar-refractivity contribution in [2.45, 2.75) is 26.3 Å². The lowest BCUT2D eigenvalue weighted by molar-refractivity contribution is -0.144. The highest BCUT2D eigenvalue weighted by molar-refractivity contribution is 7.88. The molecular weight excluding hydrogens is 297 g/mol. The summed E-state index contributed by atoms with van der Waals surface area (Å²) in [6.45, 7) is 3.55. The van der Waals surface area contributed by atoms with Gasteiger partial charge in [0.15, 0.2) is 0 Å². The molecular formula is C14H20FNO4S. The summed E-state index contributed by atoms with van der Waals surface area (Å²) in [5, 5.41) is 0. The summed E-state index contributed by atoms with van der Waals surface area (Å²) in [6.07, 6.45) is 1.06. The number of halogens is 1. The second-order valence-corrected chi connectivity index (χ2v) is 6.93. The molecule has 1 aromatic rings. The molecule has 0 amide bonds. The Labute approximate surface area is 124 Å². The van der Waals surface area contributed by atoms with Crippen LogP contribution in [0.15, 0.2) is 18.2 Å². The molecule has 1 atom stereocenters. The van der Waals surface area contributed by atoms with Gasteiger partial charge < -0.3 is 4.74 Å². The minimum Gasteiger partial charge on any atom is -0.466 e. The van der Waals surface area contributed by atoms with Crippen LogP contribution >= 0.6 is 0 Å². The number of nitrogens with zero attached hydrogens (tertiary/aromatic N) is 1. The van der Waals surface area contributed by atoms with Crippen molar-refractivity contribution >= 4 is 16.0 Å². The fourth-order valence-corrected chi connectivity index (χ4v) is 2.10. The monoisotopic (exact) mass is 317 g/mol. The molecule has 0 aliphatic carbocycles. The van der Waals surface area contributed by atoms with Crippen molar-refractivity contribution < 1.29 is 22.3 Å². The van der Waals surface area contributed by atoms with Crippen molar-refractivity contribution in [1.29, 1.82) is 0 Å². The molecule has 0 N–H and O–H groups in total. The van der Waals surface area contributed by atoms with E-state index in [0.717, 1.165) is 10.6 Å². The standard InChI is InChI=1S/C14H20FNO4S/c1-5-20-14(17)10(2)11-6-7-12(13(15)8-11)9-16(3)21(4,18)19/h6-8,10H,5,9H2,1-4H3. The molecule has 0 heterocycles. The van der Waals surface area contributed by atoms with Gasteiger partial charge in [0.2, 0.25) is 10.0 Å². The Morgan fingerprint density at radius 2 is 2.05 bits per heavy atom. The van der Waals surface area contributed by atoms with Gasteiger partial charge in [0.25, 0.3) is 0 Å². The van der Waals surface area contributed by atoms with E-state index in [9.17, 15) is 17.6 Å². The Balaban J connectivity index is 2.93. The van der Waals surface area contributed by atoms with Crippen LogP contribution in [-0.2, 0) is 26.1 Å². The topological polar surface area (TPSA) is 63.7 Å². The van der Waals surface area contributed by atoms with Crippen LogP contribution in [0.3, 0.4) is 0 Å². The minimum atomic E-state index is -3.37. The molecule has 0 radical (unpaired) electrons. The number of sulfonamides is 1. The molecule has 7 heteroatoms. The number of benzene rings is 1. The Bertz CT molecular complexity index is 615. The highest BCUT2D eigenvalue weighted by atomic mass is 32.2. The van der Waals surface area contributed by atoms with Crippen LogP contribution in [0.1, 0.15) is 30.9 Å². The van der Waals surface area contributed by atoms with Crippen LogP contribution in [0.4, 0.5) is 4.39 Å². The van der Waals surface area contributed by atoms with Crippen LogP contribution in [0, 0.1) is 5.82 Å². The third-order valence-electron chi connectivity index (χ3n) is 3.18. The van der Waals surface area contributed by atoms with Gasteiger partial charge in [-0.15, -0.1) is 0 Å². The van der Waals surface area contributed by atoms with Crippen LogP contribution in [0.25, 0.3) is 0 Å². The molecule has 1 aromatic carbocycles. The summed E-state index contributed by atoms with van der Waals surface area (Å²) >= 11 is 0. The quantitative estimate of drug-likeness (QED) is 0.752. The molecule has 0 saturated heterocycles. The zero-order valence-electron chi connectivity index (χ0n) is 12.6. The van der Waals surface area contributed by atoms with Gasteiger partial charge in [0.1, 0.15) is 5.82 Å². The van der Waals surface area contributed by atoms with Crippen LogP contribution in [0.5, 0.6) is 0 Å². The van der Waals surface area contributed by atoms with Gasteiger partial charge in [0.05, 0.1) is 18.8 Å². The van der Waals surface area contributed by atoms with E-state index in [2.05, 4.69) is 0 Å². The van der Waals surface area contributed by atoms with Gasteiger partial charge >= 0.3 is 5.97 Å². The SMILES string of the molecule is CCOC(=O)C(C)c1ccc(CN(C)S(C)(=O)=O)c(F)c1. The van der Waals surface area contributed by atoms with Gasteiger partial charge in [-0.2, -0.15) is 0 Å². The van der Waals surface area contributed by atoms with Gasteiger partial charge in [-0.3, -0.25) is 4.79 Å². The maximum Gasteiger partial charge on any atom is 0.313 e. The predicted molar refractivity (Wildman–Crippen MR) is 77.8 cm³/mol. The van der Waals surface area contributed by atoms with Crippen molar-refractivity contribution in [1.82, 2.24) is 4.31 Å². The maximum absolute atomic E-state index is 14.0. The highest BCUT2D eigenvalue weighted by Crippen LogP contribution is 2.21. The molecule has 0 aromatic heterocycles. The Hall–Kier alpha value is -1.47. The summed E-state index contributed by atoms with van der Waals surface area (Å²) in [5.74, 6) is -1.53. The van der Waals surface area contributed by atoms with Crippen molar-refractivity contribution in [2.75, 3.05) is 19.9 Å². The van der Waals surface area contributed by atoms with Crippen molar-refractivity contribution in [3.63, 3.8) is 0 Å². The Kier molecular flexibility index (Phi) is 5.86. The lowest BCUT2D eigenvalue weighted by Crippen LogP contribution is -2.25. The first kappa shape index (κ1) is 17.6. The number of hydrogen-bond donors (Lipinski definition) is 0. The number of carbonyl (C=O) groups is 1. The van der Waals surface area contributed by atoms with E-state index >= 15 is 0 Å².